The summed E-state index contributed by atoms with van der Waals surface area (Å²) in [6.07, 6.45) is 2.88. The van der Waals surface area contributed by atoms with E-state index in [1.807, 2.05) is 6.20 Å². The highest BCUT2D eigenvalue weighted by Gasteiger charge is 2.10. The van der Waals surface area contributed by atoms with Gasteiger partial charge in [-0.3, -0.25) is 0 Å². The maximum Gasteiger partial charge on any atom is 0.222 e. The third kappa shape index (κ3) is 2.64. The van der Waals surface area contributed by atoms with Gasteiger partial charge in [0.2, 0.25) is 5.95 Å². The second-order valence-electron chi connectivity index (χ2n) is 3.51. The molecule has 0 unspecified atom stereocenters. The molecule has 15 heavy (non-hydrogen) atoms. The summed E-state index contributed by atoms with van der Waals surface area (Å²) in [5.74, 6) is 0.702. The minimum Gasteiger partial charge on any atom is -0.383 e. The molecule has 5 nitrogen and oxygen atoms in total. The van der Waals surface area contributed by atoms with Gasteiger partial charge in [0.05, 0.1) is 12.3 Å². The predicted molar refractivity (Wildman–Crippen MR) is 57.8 cm³/mol. The molecular formula is C10H16N4O. The Bertz CT molecular complexity index is 329. The largest absolute Gasteiger partial charge is 0.383 e. The van der Waals surface area contributed by atoms with Crippen molar-refractivity contribution in [2.45, 2.75) is 13.0 Å². The topological polar surface area (TPSA) is 59.1 Å². The van der Waals surface area contributed by atoms with Crippen LogP contribution in [0, 0.1) is 0 Å². The molecule has 0 spiro atoms. The van der Waals surface area contributed by atoms with Crippen molar-refractivity contribution in [3.8, 4) is 0 Å². The maximum atomic E-state index is 4.95. The number of hydrogen-bond donors (Lipinski definition) is 2. The lowest BCUT2D eigenvalue weighted by Crippen LogP contribution is -2.25. The summed E-state index contributed by atoms with van der Waals surface area (Å²) in [4.78, 5) is 8.71. The Morgan fingerprint density at radius 2 is 2.53 bits per heavy atom. The molecule has 0 saturated heterocycles. The van der Waals surface area contributed by atoms with E-state index in [1.165, 1.54) is 5.56 Å². The number of aromatic nitrogens is 2. The van der Waals surface area contributed by atoms with E-state index >= 15 is 0 Å². The van der Waals surface area contributed by atoms with Crippen molar-refractivity contribution in [1.29, 1.82) is 0 Å². The van der Waals surface area contributed by atoms with E-state index in [1.54, 1.807) is 7.11 Å². The van der Waals surface area contributed by atoms with Gasteiger partial charge in [0, 0.05) is 44.9 Å². The van der Waals surface area contributed by atoms with Gasteiger partial charge < -0.3 is 15.4 Å². The Morgan fingerprint density at radius 1 is 1.60 bits per heavy atom. The van der Waals surface area contributed by atoms with Gasteiger partial charge in [0.1, 0.15) is 0 Å². The van der Waals surface area contributed by atoms with Crippen molar-refractivity contribution in [3.05, 3.63) is 17.5 Å². The number of rotatable bonds is 4. The van der Waals surface area contributed by atoms with Crippen molar-refractivity contribution in [3.63, 3.8) is 0 Å². The quantitative estimate of drug-likeness (QED) is 0.691. The van der Waals surface area contributed by atoms with Crippen LogP contribution in [-0.4, -0.2) is 36.8 Å². The Morgan fingerprint density at radius 3 is 3.40 bits per heavy atom. The van der Waals surface area contributed by atoms with Crippen LogP contribution in [0.1, 0.15) is 11.3 Å². The van der Waals surface area contributed by atoms with E-state index in [-0.39, 0.29) is 0 Å². The first-order valence-electron chi connectivity index (χ1n) is 5.18. The van der Waals surface area contributed by atoms with Crippen LogP contribution >= 0.6 is 0 Å². The molecule has 2 N–H and O–H groups in total. The minimum absolute atomic E-state index is 0.669. The van der Waals surface area contributed by atoms with Crippen LogP contribution in [0.15, 0.2) is 6.20 Å². The molecule has 82 valence electrons. The highest BCUT2D eigenvalue weighted by Crippen LogP contribution is 2.11. The van der Waals surface area contributed by atoms with Crippen molar-refractivity contribution < 1.29 is 4.74 Å². The fourth-order valence-corrected chi connectivity index (χ4v) is 1.59. The molecular weight excluding hydrogens is 192 g/mol. The highest BCUT2D eigenvalue weighted by molar-refractivity contribution is 5.30. The standard InChI is InChI=1S/C10H16N4O/c1-15-5-4-12-10-13-7-8-6-11-3-2-9(8)14-10/h7,11H,2-6H2,1H3,(H,12,13,14). The molecule has 1 aliphatic heterocycles. The van der Waals surface area contributed by atoms with Crippen LogP contribution in [0.4, 0.5) is 5.95 Å². The van der Waals surface area contributed by atoms with E-state index in [4.69, 9.17) is 4.74 Å². The summed E-state index contributed by atoms with van der Waals surface area (Å²) < 4.78 is 4.95. The first kappa shape index (κ1) is 10.3. The van der Waals surface area contributed by atoms with E-state index in [9.17, 15) is 0 Å². The lowest BCUT2D eigenvalue weighted by Gasteiger charge is -2.16. The molecule has 1 aromatic rings. The average molecular weight is 208 g/mol. The molecule has 0 aromatic carbocycles. The number of nitrogens with zero attached hydrogens (tertiary/aromatic N) is 2. The Balaban J connectivity index is 2.00. The van der Waals surface area contributed by atoms with Gasteiger partial charge in [-0.05, 0) is 0 Å². The summed E-state index contributed by atoms with van der Waals surface area (Å²) in [6.45, 7) is 3.30. The molecule has 2 rings (SSSR count). The SMILES string of the molecule is COCCNc1ncc2c(n1)CCNC2. The third-order valence-electron chi connectivity index (χ3n) is 2.40. The van der Waals surface area contributed by atoms with E-state index in [0.29, 0.717) is 12.6 Å². The van der Waals surface area contributed by atoms with Gasteiger partial charge in [-0.1, -0.05) is 0 Å². The highest BCUT2D eigenvalue weighted by atomic mass is 16.5. The monoisotopic (exact) mass is 208 g/mol. The Kier molecular flexibility index (Phi) is 3.47. The lowest BCUT2D eigenvalue weighted by molar-refractivity contribution is 0.210. The zero-order valence-electron chi connectivity index (χ0n) is 8.92. The molecule has 0 fully saturated rings. The first-order valence-corrected chi connectivity index (χ1v) is 5.18. The molecule has 0 radical (unpaired) electrons. The van der Waals surface area contributed by atoms with Gasteiger partial charge in [-0.25, -0.2) is 9.97 Å². The zero-order valence-corrected chi connectivity index (χ0v) is 8.92. The molecule has 5 heteroatoms. The maximum absolute atomic E-state index is 4.95. The van der Waals surface area contributed by atoms with Crippen LogP contribution in [0.25, 0.3) is 0 Å². The van der Waals surface area contributed by atoms with E-state index < -0.39 is 0 Å². The normalized spacial score (nSPS) is 14.7. The van der Waals surface area contributed by atoms with Crippen molar-refractivity contribution >= 4 is 5.95 Å². The van der Waals surface area contributed by atoms with E-state index in [0.717, 1.165) is 31.7 Å². The van der Waals surface area contributed by atoms with Gasteiger partial charge in [-0.15, -0.1) is 0 Å². The summed E-state index contributed by atoms with van der Waals surface area (Å²) >= 11 is 0. The smallest absolute Gasteiger partial charge is 0.222 e. The molecule has 2 heterocycles. The molecule has 0 saturated carbocycles. The number of ether oxygens (including phenoxy) is 1. The summed E-state index contributed by atoms with van der Waals surface area (Å²) in [5.41, 5.74) is 2.36. The van der Waals surface area contributed by atoms with Crippen LogP contribution in [0.3, 0.4) is 0 Å². The minimum atomic E-state index is 0.669. The fourth-order valence-electron chi connectivity index (χ4n) is 1.59. The zero-order chi connectivity index (χ0) is 10.5. The van der Waals surface area contributed by atoms with Crippen molar-refractivity contribution in [1.82, 2.24) is 15.3 Å². The summed E-state index contributed by atoms with van der Waals surface area (Å²) in [7, 11) is 1.68. The molecule has 1 aromatic heterocycles. The second kappa shape index (κ2) is 5.04. The van der Waals surface area contributed by atoms with Crippen LogP contribution in [0.5, 0.6) is 0 Å². The molecule has 0 bridgehead atoms. The van der Waals surface area contributed by atoms with Crippen LogP contribution in [0.2, 0.25) is 0 Å². The lowest BCUT2D eigenvalue weighted by atomic mass is 10.1. The molecule has 0 atom stereocenters. The van der Waals surface area contributed by atoms with Crippen molar-refractivity contribution in [2.24, 2.45) is 0 Å². The van der Waals surface area contributed by atoms with Crippen molar-refractivity contribution in [2.75, 3.05) is 32.1 Å². The molecule has 1 aliphatic rings. The van der Waals surface area contributed by atoms with Crippen LogP contribution in [-0.2, 0) is 17.7 Å². The van der Waals surface area contributed by atoms with E-state index in [2.05, 4.69) is 20.6 Å². The number of nitrogens with one attached hydrogen (secondary N) is 2. The first-order chi connectivity index (χ1) is 7.40. The molecule has 0 amide bonds. The second-order valence-corrected chi connectivity index (χ2v) is 3.51. The van der Waals surface area contributed by atoms with Gasteiger partial charge in [0.15, 0.2) is 0 Å². The number of methoxy groups -OCH3 is 1. The van der Waals surface area contributed by atoms with Gasteiger partial charge in [0.25, 0.3) is 0 Å². The number of anilines is 1. The molecule has 0 aliphatic carbocycles. The number of fused-ring (bicyclic) bond motifs is 1. The van der Waals surface area contributed by atoms with Gasteiger partial charge >= 0.3 is 0 Å². The summed E-state index contributed by atoms with van der Waals surface area (Å²) in [6, 6.07) is 0. The Hall–Kier alpha value is -1.20. The number of hydrogen-bond acceptors (Lipinski definition) is 5. The Labute approximate surface area is 89.3 Å². The predicted octanol–water partition coefficient (Wildman–Crippen LogP) is 0.181. The fraction of sp³-hybridized carbons (Fsp3) is 0.600. The summed E-state index contributed by atoms with van der Waals surface area (Å²) in [5, 5.41) is 6.42. The van der Waals surface area contributed by atoms with Crippen LogP contribution < -0.4 is 10.6 Å². The third-order valence-corrected chi connectivity index (χ3v) is 2.40. The average Bonchev–Trinajstić information content (AvgIpc) is 2.29. The van der Waals surface area contributed by atoms with Gasteiger partial charge in [-0.2, -0.15) is 0 Å².